The van der Waals surface area contributed by atoms with E-state index in [0.29, 0.717) is 5.82 Å². The average molecular weight is 703 g/mol. The molecule has 0 aliphatic rings. The third kappa shape index (κ3) is 5.96. The SMILES string of the molecule is c1ccc(-c2cccc(-c3cc(-c4cccc5c4cc(-c4ccccc4)n4nc(-c6ccccc6)c(-c6ccccc6)c54)nc(-c4ccccc4)n3)c2)cc1. The number of nitrogens with zero attached hydrogens (tertiary/aromatic N) is 4. The molecule has 7 aromatic carbocycles. The van der Waals surface area contributed by atoms with Crippen LogP contribution < -0.4 is 0 Å². The third-order valence-electron chi connectivity index (χ3n) is 10.2. The Labute approximate surface area is 319 Å². The van der Waals surface area contributed by atoms with Crippen molar-refractivity contribution in [2.24, 2.45) is 0 Å². The van der Waals surface area contributed by atoms with Crippen molar-refractivity contribution in [3.63, 3.8) is 0 Å². The molecule has 0 amide bonds. The molecule has 3 heterocycles. The van der Waals surface area contributed by atoms with Gasteiger partial charge in [0, 0.05) is 38.8 Å². The van der Waals surface area contributed by atoms with Gasteiger partial charge in [0.2, 0.25) is 0 Å². The lowest BCUT2D eigenvalue weighted by Crippen LogP contribution is -1.99. The molecule has 0 saturated carbocycles. The van der Waals surface area contributed by atoms with Gasteiger partial charge < -0.3 is 0 Å². The summed E-state index contributed by atoms with van der Waals surface area (Å²) in [5.74, 6) is 0.681. The normalized spacial score (nSPS) is 11.3. The van der Waals surface area contributed by atoms with Gasteiger partial charge in [-0.15, -0.1) is 0 Å². The van der Waals surface area contributed by atoms with Gasteiger partial charge in [-0.2, -0.15) is 5.10 Å². The third-order valence-corrected chi connectivity index (χ3v) is 10.2. The van der Waals surface area contributed by atoms with Crippen LogP contribution in [0.1, 0.15) is 0 Å². The molecule has 0 unspecified atom stereocenters. The van der Waals surface area contributed by atoms with E-state index in [1.165, 1.54) is 5.56 Å². The summed E-state index contributed by atoms with van der Waals surface area (Å²) in [5, 5.41) is 7.61. The van der Waals surface area contributed by atoms with E-state index in [1.54, 1.807) is 0 Å². The first-order chi connectivity index (χ1) is 27.3. The summed E-state index contributed by atoms with van der Waals surface area (Å²) in [6.07, 6.45) is 0. The van der Waals surface area contributed by atoms with Crippen LogP contribution in [0.3, 0.4) is 0 Å². The second kappa shape index (κ2) is 13.8. The van der Waals surface area contributed by atoms with Gasteiger partial charge in [0.15, 0.2) is 5.82 Å². The minimum atomic E-state index is 0.681. The van der Waals surface area contributed by atoms with Crippen molar-refractivity contribution in [3.8, 4) is 78.7 Å². The van der Waals surface area contributed by atoms with Crippen molar-refractivity contribution in [1.29, 1.82) is 0 Å². The van der Waals surface area contributed by atoms with Crippen molar-refractivity contribution in [3.05, 3.63) is 206 Å². The Morgan fingerprint density at radius 1 is 0.345 bits per heavy atom. The highest BCUT2D eigenvalue weighted by atomic mass is 15.2. The maximum absolute atomic E-state index is 5.42. The van der Waals surface area contributed by atoms with Gasteiger partial charge in [-0.05, 0) is 40.3 Å². The molecular formula is C51H34N4. The van der Waals surface area contributed by atoms with Gasteiger partial charge in [0.25, 0.3) is 0 Å². The largest absolute Gasteiger partial charge is 0.231 e. The van der Waals surface area contributed by atoms with Crippen molar-refractivity contribution in [2.45, 2.75) is 0 Å². The first-order valence-corrected chi connectivity index (χ1v) is 18.5. The molecule has 3 aromatic heterocycles. The molecule has 0 atom stereocenters. The molecular weight excluding hydrogens is 669 g/mol. The summed E-state index contributed by atoms with van der Waals surface area (Å²) in [6, 6.07) is 72.0. The zero-order valence-corrected chi connectivity index (χ0v) is 29.9. The maximum Gasteiger partial charge on any atom is 0.160 e. The van der Waals surface area contributed by atoms with E-state index in [4.69, 9.17) is 15.1 Å². The van der Waals surface area contributed by atoms with Crippen LogP contribution in [0.15, 0.2) is 206 Å². The molecule has 0 fully saturated rings. The first-order valence-electron chi connectivity index (χ1n) is 18.5. The summed E-state index contributed by atoms with van der Waals surface area (Å²) in [5.41, 5.74) is 14.4. The average Bonchev–Trinajstić information content (AvgIpc) is 3.69. The lowest BCUT2D eigenvalue weighted by atomic mass is 9.94. The fourth-order valence-electron chi connectivity index (χ4n) is 7.62. The van der Waals surface area contributed by atoms with E-state index in [9.17, 15) is 0 Å². The van der Waals surface area contributed by atoms with Gasteiger partial charge in [-0.25, -0.2) is 14.5 Å². The fraction of sp³-hybridized carbons (Fsp3) is 0. The predicted octanol–water partition coefficient (Wildman–Crippen LogP) is 12.9. The Balaban J connectivity index is 1.28. The molecule has 0 bridgehead atoms. The van der Waals surface area contributed by atoms with Crippen LogP contribution in [0.4, 0.5) is 0 Å². The van der Waals surface area contributed by atoms with Crippen molar-refractivity contribution < 1.29 is 0 Å². The van der Waals surface area contributed by atoms with Crippen LogP contribution in [0, 0.1) is 0 Å². The Hall–Kier alpha value is -7.43. The number of pyridine rings is 1. The lowest BCUT2D eigenvalue weighted by molar-refractivity contribution is 0.979. The lowest BCUT2D eigenvalue weighted by Gasteiger charge is -2.15. The zero-order valence-electron chi connectivity index (χ0n) is 29.9. The van der Waals surface area contributed by atoms with Crippen LogP contribution in [0.2, 0.25) is 0 Å². The summed E-state index contributed by atoms with van der Waals surface area (Å²) in [7, 11) is 0. The standard InChI is InChI=1S/C51H34N4/c1-6-18-35(19-7-1)40-28-16-29-41(32-40)45-34-46(53-51(52-45)39-26-14-5-15-27-39)42-30-17-31-43-44(42)33-47(36-20-8-2-9-21-36)55-50(43)48(37-22-10-3-11-23-37)49(54-55)38-24-12-4-13-25-38/h1-34H. The number of benzene rings is 7. The molecule has 0 spiro atoms. The van der Waals surface area contributed by atoms with Crippen LogP contribution in [0.25, 0.3) is 95.0 Å². The molecule has 0 radical (unpaired) electrons. The summed E-state index contributed by atoms with van der Waals surface area (Å²) >= 11 is 0. The van der Waals surface area contributed by atoms with Gasteiger partial charge in [0.1, 0.15) is 5.69 Å². The molecule has 0 aliphatic carbocycles. The highest BCUT2D eigenvalue weighted by molar-refractivity contribution is 6.12. The zero-order chi connectivity index (χ0) is 36.6. The topological polar surface area (TPSA) is 43.1 Å². The molecule has 10 rings (SSSR count). The smallest absolute Gasteiger partial charge is 0.160 e. The monoisotopic (exact) mass is 702 g/mol. The summed E-state index contributed by atoms with van der Waals surface area (Å²) in [6.45, 7) is 0. The van der Waals surface area contributed by atoms with E-state index in [-0.39, 0.29) is 0 Å². The fourth-order valence-corrected chi connectivity index (χ4v) is 7.62. The van der Waals surface area contributed by atoms with E-state index in [1.807, 2.05) is 24.3 Å². The van der Waals surface area contributed by atoms with Crippen LogP contribution in [-0.2, 0) is 0 Å². The van der Waals surface area contributed by atoms with E-state index < -0.39 is 0 Å². The number of rotatable bonds is 7. The maximum atomic E-state index is 5.42. The molecule has 10 aromatic rings. The summed E-state index contributed by atoms with van der Waals surface area (Å²) < 4.78 is 2.14. The molecule has 0 N–H and O–H groups in total. The van der Waals surface area contributed by atoms with Crippen molar-refractivity contribution in [2.75, 3.05) is 0 Å². The Kier molecular flexibility index (Phi) is 8.12. The number of aromatic nitrogens is 4. The minimum Gasteiger partial charge on any atom is -0.231 e. The van der Waals surface area contributed by atoms with Crippen LogP contribution in [0.5, 0.6) is 0 Å². The molecule has 258 valence electrons. The van der Waals surface area contributed by atoms with Crippen LogP contribution in [-0.4, -0.2) is 19.6 Å². The molecule has 55 heavy (non-hydrogen) atoms. The number of hydrogen-bond acceptors (Lipinski definition) is 3. The number of hydrogen-bond donors (Lipinski definition) is 0. The Morgan fingerprint density at radius 3 is 1.55 bits per heavy atom. The quantitative estimate of drug-likeness (QED) is 0.166. The number of fused-ring (bicyclic) bond motifs is 3. The van der Waals surface area contributed by atoms with Crippen molar-refractivity contribution in [1.82, 2.24) is 19.6 Å². The van der Waals surface area contributed by atoms with E-state index in [2.05, 4.69) is 187 Å². The first kappa shape index (κ1) is 32.2. The minimum absolute atomic E-state index is 0.681. The highest BCUT2D eigenvalue weighted by Gasteiger charge is 2.23. The van der Waals surface area contributed by atoms with Gasteiger partial charge in [-0.3, -0.25) is 0 Å². The van der Waals surface area contributed by atoms with Gasteiger partial charge in [-0.1, -0.05) is 188 Å². The summed E-state index contributed by atoms with van der Waals surface area (Å²) in [4.78, 5) is 10.5. The van der Waals surface area contributed by atoms with Gasteiger partial charge >= 0.3 is 0 Å². The Bertz CT molecular complexity index is 2940. The predicted molar refractivity (Wildman–Crippen MR) is 226 cm³/mol. The van der Waals surface area contributed by atoms with Gasteiger partial charge in [0.05, 0.1) is 22.6 Å². The van der Waals surface area contributed by atoms with Crippen LogP contribution >= 0.6 is 0 Å². The Morgan fingerprint density at radius 2 is 0.873 bits per heavy atom. The second-order valence-electron chi connectivity index (χ2n) is 13.7. The van der Waals surface area contributed by atoms with E-state index >= 15 is 0 Å². The molecule has 4 heteroatoms. The van der Waals surface area contributed by atoms with E-state index in [0.717, 1.165) is 83.6 Å². The van der Waals surface area contributed by atoms with Crippen molar-refractivity contribution >= 4 is 16.3 Å². The molecule has 0 aliphatic heterocycles. The molecule has 4 nitrogen and oxygen atoms in total. The highest BCUT2D eigenvalue weighted by Crippen LogP contribution is 2.43. The molecule has 0 saturated heterocycles. The second-order valence-corrected chi connectivity index (χ2v) is 13.7.